The van der Waals surface area contributed by atoms with Gasteiger partial charge in [-0.25, -0.2) is 9.78 Å². The minimum atomic E-state index is -0.958. The van der Waals surface area contributed by atoms with Crippen molar-refractivity contribution in [2.45, 2.75) is 13.5 Å². The first-order valence-corrected chi connectivity index (χ1v) is 6.86. The molecule has 94 valence electrons. The van der Waals surface area contributed by atoms with Gasteiger partial charge in [0.25, 0.3) is 0 Å². The minimum absolute atomic E-state index is 0.241. The maximum atomic E-state index is 11.2. The molecule has 0 saturated heterocycles. The van der Waals surface area contributed by atoms with Gasteiger partial charge in [-0.15, -0.1) is 11.3 Å². The molecule has 0 saturated carbocycles. The van der Waals surface area contributed by atoms with Gasteiger partial charge in [0.15, 0.2) is 0 Å². The Balaban J connectivity index is 2.19. The molecule has 1 aromatic heterocycles. The van der Waals surface area contributed by atoms with Gasteiger partial charge in [-0.05, 0) is 35.0 Å². The quantitative estimate of drug-likeness (QED) is 0.902. The molecule has 0 bridgehead atoms. The van der Waals surface area contributed by atoms with Gasteiger partial charge in [-0.3, -0.25) is 0 Å². The van der Waals surface area contributed by atoms with E-state index in [0.717, 1.165) is 9.88 Å². The van der Waals surface area contributed by atoms with Crippen LogP contribution in [-0.4, -0.2) is 16.1 Å². The van der Waals surface area contributed by atoms with Crippen molar-refractivity contribution in [2.24, 2.45) is 0 Å². The fourth-order valence-corrected chi connectivity index (χ4v) is 2.81. The van der Waals surface area contributed by atoms with E-state index in [0.29, 0.717) is 16.7 Å². The SMILES string of the molecule is Cc1cnc(CNc2cccc(Br)c2C(=O)O)s1. The summed E-state index contributed by atoms with van der Waals surface area (Å²) < 4.78 is 0.565. The van der Waals surface area contributed by atoms with Crippen LogP contribution in [-0.2, 0) is 6.54 Å². The van der Waals surface area contributed by atoms with E-state index in [1.54, 1.807) is 35.7 Å². The Morgan fingerprint density at radius 3 is 2.94 bits per heavy atom. The van der Waals surface area contributed by atoms with Crippen LogP contribution in [0.5, 0.6) is 0 Å². The molecular weight excluding hydrogens is 316 g/mol. The summed E-state index contributed by atoms with van der Waals surface area (Å²) in [6.45, 7) is 2.51. The third-order valence-electron chi connectivity index (χ3n) is 2.33. The van der Waals surface area contributed by atoms with E-state index in [9.17, 15) is 4.79 Å². The van der Waals surface area contributed by atoms with E-state index in [-0.39, 0.29) is 5.56 Å². The van der Waals surface area contributed by atoms with E-state index in [2.05, 4.69) is 26.2 Å². The molecular formula is C12H11BrN2O2S. The van der Waals surface area contributed by atoms with Gasteiger partial charge in [0.05, 0.1) is 17.8 Å². The molecule has 0 unspecified atom stereocenters. The van der Waals surface area contributed by atoms with E-state index in [1.165, 1.54) is 0 Å². The summed E-state index contributed by atoms with van der Waals surface area (Å²) in [5.74, 6) is -0.958. The van der Waals surface area contributed by atoms with Crippen molar-refractivity contribution in [2.75, 3.05) is 5.32 Å². The highest BCUT2D eigenvalue weighted by Crippen LogP contribution is 2.25. The van der Waals surface area contributed by atoms with Crippen LogP contribution in [0, 0.1) is 6.92 Å². The number of halogens is 1. The molecule has 0 spiro atoms. The Bertz CT molecular complexity index is 583. The molecule has 1 aromatic carbocycles. The first-order valence-electron chi connectivity index (χ1n) is 5.25. The number of nitrogens with one attached hydrogen (secondary N) is 1. The number of anilines is 1. The van der Waals surface area contributed by atoms with E-state index in [1.807, 2.05) is 6.92 Å². The van der Waals surface area contributed by atoms with Crippen molar-refractivity contribution >= 4 is 38.9 Å². The monoisotopic (exact) mass is 326 g/mol. The van der Waals surface area contributed by atoms with E-state index >= 15 is 0 Å². The highest BCUT2D eigenvalue weighted by molar-refractivity contribution is 9.10. The van der Waals surface area contributed by atoms with E-state index in [4.69, 9.17) is 5.11 Å². The van der Waals surface area contributed by atoms with Gasteiger partial charge < -0.3 is 10.4 Å². The van der Waals surface area contributed by atoms with Crippen LogP contribution in [0.25, 0.3) is 0 Å². The summed E-state index contributed by atoms with van der Waals surface area (Å²) in [5.41, 5.74) is 0.829. The third-order valence-corrected chi connectivity index (χ3v) is 3.90. The number of hydrogen-bond acceptors (Lipinski definition) is 4. The van der Waals surface area contributed by atoms with Gasteiger partial charge in [0.1, 0.15) is 5.01 Å². The molecule has 0 amide bonds. The summed E-state index contributed by atoms with van der Waals surface area (Å²) in [5, 5.41) is 13.2. The Morgan fingerprint density at radius 2 is 2.33 bits per heavy atom. The average molecular weight is 327 g/mol. The lowest BCUT2D eigenvalue weighted by Crippen LogP contribution is -2.07. The molecule has 0 radical (unpaired) electrons. The van der Waals surface area contributed by atoms with Crippen LogP contribution in [0.1, 0.15) is 20.2 Å². The number of aromatic carboxylic acids is 1. The number of aromatic nitrogens is 1. The average Bonchev–Trinajstić information content (AvgIpc) is 2.72. The van der Waals surface area contributed by atoms with Crippen molar-refractivity contribution in [3.05, 3.63) is 44.3 Å². The van der Waals surface area contributed by atoms with Gasteiger partial charge in [0.2, 0.25) is 0 Å². The fourth-order valence-electron chi connectivity index (χ4n) is 1.54. The minimum Gasteiger partial charge on any atom is -0.478 e. The maximum absolute atomic E-state index is 11.2. The van der Waals surface area contributed by atoms with Crippen LogP contribution in [0.2, 0.25) is 0 Å². The number of nitrogens with zero attached hydrogens (tertiary/aromatic N) is 1. The highest BCUT2D eigenvalue weighted by Gasteiger charge is 2.13. The normalized spacial score (nSPS) is 10.3. The number of carboxylic acid groups (broad SMARTS) is 1. The summed E-state index contributed by atoms with van der Waals surface area (Å²) in [6.07, 6.45) is 1.81. The first kappa shape index (κ1) is 13.0. The Labute approximate surface area is 117 Å². The summed E-state index contributed by atoms with van der Waals surface area (Å²) in [6, 6.07) is 5.25. The van der Waals surface area contributed by atoms with Crippen LogP contribution in [0.15, 0.2) is 28.9 Å². The molecule has 0 fully saturated rings. The number of benzene rings is 1. The van der Waals surface area contributed by atoms with Crippen LogP contribution in [0.4, 0.5) is 5.69 Å². The van der Waals surface area contributed by atoms with Gasteiger partial charge >= 0.3 is 5.97 Å². The second-order valence-electron chi connectivity index (χ2n) is 3.69. The zero-order chi connectivity index (χ0) is 13.1. The lowest BCUT2D eigenvalue weighted by Gasteiger charge is -2.09. The number of thiazole rings is 1. The van der Waals surface area contributed by atoms with Crippen LogP contribution in [0.3, 0.4) is 0 Å². The van der Waals surface area contributed by atoms with Crippen molar-refractivity contribution in [1.82, 2.24) is 4.98 Å². The van der Waals surface area contributed by atoms with Gasteiger partial charge in [-0.2, -0.15) is 0 Å². The molecule has 0 aliphatic carbocycles. The Kier molecular flexibility index (Phi) is 3.98. The largest absolute Gasteiger partial charge is 0.478 e. The Morgan fingerprint density at radius 1 is 1.56 bits per heavy atom. The third kappa shape index (κ3) is 2.88. The molecule has 2 N–H and O–H groups in total. The molecule has 0 atom stereocenters. The van der Waals surface area contributed by atoms with Crippen LogP contribution < -0.4 is 5.32 Å². The predicted octanol–water partition coefficient (Wildman–Crippen LogP) is 3.52. The summed E-state index contributed by atoms with van der Waals surface area (Å²) in [4.78, 5) is 16.5. The van der Waals surface area contributed by atoms with Gasteiger partial charge in [0, 0.05) is 15.5 Å². The van der Waals surface area contributed by atoms with Gasteiger partial charge in [-0.1, -0.05) is 6.07 Å². The topological polar surface area (TPSA) is 62.2 Å². The number of rotatable bonds is 4. The Hall–Kier alpha value is -1.40. The maximum Gasteiger partial charge on any atom is 0.338 e. The van der Waals surface area contributed by atoms with E-state index < -0.39 is 5.97 Å². The van der Waals surface area contributed by atoms with Crippen molar-refractivity contribution in [3.8, 4) is 0 Å². The van der Waals surface area contributed by atoms with Crippen molar-refractivity contribution in [1.29, 1.82) is 0 Å². The standard InChI is InChI=1S/C12H11BrN2O2S/c1-7-5-15-10(18-7)6-14-9-4-2-3-8(13)11(9)12(16)17/h2-5,14H,6H2,1H3,(H,16,17). The lowest BCUT2D eigenvalue weighted by molar-refractivity contribution is 0.0697. The molecule has 4 nitrogen and oxygen atoms in total. The number of aryl methyl sites for hydroxylation is 1. The smallest absolute Gasteiger partial charge is 0.338 e. The van der Waals surface area contributed by atoms with Crippen molar-refractivity contribution in [3.63, 3.8) is 0 Å². The molecule has 18 heavy (non-hydrogen) atoms. The fraction of sp³-hybridized carbons (Fsp3) is 0.167. The zero-order valence-corrected chi connectivity index (χ0v) is 12.0. The molecule has 1 heterocycles. The number of hydrogen-bond donors (Lipinski definition) is 2. The summed E-state index contributed by atoms with van der Waals surface area (Å²) in [7, 11) is 0. The second kappa shape index (κ2) is 5.49. The highest BCUT2D eigenvalue weighted by atomic mass is 79.9. The molecule has 0 aliphatic rings. The molecule has 6 heteroatoms. The second-order valence-corrected chi connectivity index (χ2v) is 5.86. The first-order chi connectivity index (χ1) is 8.58. The predicted molar refractivity (Wildman–Crippen MR) is 75.3 cm³/mol. The molecule has 0 aliphatic heterocycles. The van der Waals surface area contributed by atoms with Crippen LogP contribution >= 0.6 is 27.3 Å². The number of carboxylic acids is 1. The lowest BCUT2D eigenvalue weighted by atomic mass is 10.2. The zero-order valence-electron chi connectivity index (χ0n) is 9.61. The van der Waals surface area contributed by atoms with Crippen molar-refractivity contribution < 1.29 is 9.90 Å². The number of carbonyl (C=O) groups is 1. The molecule has 2 rings (SSSR count). The summed E-state index contributed by atoms with van der Waals surface area (Å²) >= 11 is 4.84. The molecule has 2 aromatic rings.